The number of nitrogens with zero attached hydrogens (tertiary/aromatic N) is 2. The lowest BCUT2D eigenvalue weighted by molar-refractivity contribution is 0.296. The molecule has 1 aromatic rings. The van der Waals surface area contributed by atoms with Crippen molar-refractivity contribution in [2.45, 2.75) is 33.1 Å². The maximum absolute atomic E-state index is 8.69. The Hall–Kier alpha value is -0.520. The van der Waals surface area contributed by atoms with Crippen molar-refractivity contribution in [1.29, 1.82) is 0 Å². The number of hydrogen-bond acceptors (Lipinski definition) is 5. The van der Waals surface area contributed by atoms with E-state index < -0.39 is 0 Å². The smallest absolute Gasteiger partial charge is 0.137 e. The van der Waals surface area contributed by atoms with Crippen molar-refractivity contribution in [3.63, 3.8) is 0 Å². The summed E-state index contributed by atoms with van der Waals surface area (Å²) in [5.41, 5.74) is 0.895. The molecular formula is C13H22ClN3OS. The second-order valence-electron chi connectivity index (χ2n) is 4.62. The molecule has 0 radical (unpaired) electrons. The highest BCUT2D eigenvalue weighted by Crippen LogP contribution is 2.22. The van der Waals surface area contributed by atoms with Crippen LogP contribution in [0.25, 0.3) is 0 Å². The molecule has 0 atom stereocenters. The number of aromatic nitrogens is 2. The summed E-state index contributed by atoms with van der Waals surface area (Å²) in [6, 6.07) is 0. The van der Waals surface area contributed by atoms with Crippen molar-refractivity contribution >= 4 is 29.2 Å². The molecule has 0 aliphatic carbocycles. The zero-order valence-corrected chi connectivity index (χ0v) is 13.3. The number of aliphatic hydroxyl groups excluding tert-OH is 1. The van der Waals surface area contributed by atoms with Crippen LogP contribution in [0.5, 0.6) is 0 Å². The molecule has 6 heteroatoms. The average molecular weight is 304 g/mol. The molecule has 0 unspecified atom stereocenters. The van der Waals surface area contributed by atoms with Gasteiger partial charge in [-0.3, -0.25) is 0 Å². The van der Waals surface area contributed by atoms with Gasteiger partial charge in [0.1, 0.15) is 16.8 Å². The van der Waals surface area contributed by atoms with Crippen molar-refractivity contribution in [3.05, 3.63) is 16.5 Å². The molecule has 1 aromatic heterocycles. The van der Waals surface area contributed by atoms with Crippen LogP contribution in [0.3, 0.4) is 0 Å². The van der Waals surface area contributed by atoms with Gasteiger partial charge in [0.25, 0.3) is 0 Å². The van der Waals surface area contributed by atoms with E-state index in [1.54, 1.807) is 0 Å². The molecule has 1 heterocycles. The molecule has 108 valence electrons. The van der Waals surface area contributed by atoms with Crippen LogP contribution < -0.4 is 5.32 Å². The highest BCUT2D eigenvalue weighted by Gasteiger charge is 2.11. The molecule has 0 aromatic carbocycles. The summed E-state index contributed by atoms with van der Waals surface area (Å²) in [5, 5.41) is 12.5. The van der Waals surface area contributed by atoms with E-state index in [0.717, 1.165) is 41.7 Å². The topological polar surface area (TPSA) is 58.0 Å². The van der Waals surface area contributed by atoms with E-state index >= 15 is 0 Å². The summed E-state index contributed by atoms with van der Waals surface area (Å²) in [7, 11) is 0. The van der Waals surface area contributed by atoms with Gasteiger partial charge in [0.15, 0.2) is 0 Å². The first kappa shape index (κ1) is 16.5. The van der Waals surface area contributed by atoms with Gasteiger partial charge in [0.2, 0.25) is 0 Å². The fraction of sp³-hybridized carbons (Fsp3) is 0.692. The Morgan fingerprint density at radius 1 is 1.32 bits per heavy atom. The van der Waals surface area contributed by atoms with Gasteiger partial charge in [0.05, 0.1) is 0 Å². The largest absolute Gasteiger partial charge is 0.396 e. The van der Waals surface area contributed by atoms with Crippen LogP contribution in [0, 0.1) is 6.92 Å². The van der Waals surface area contributed by atoms with E-state index in [4.69, 9.17) is 16.7 Å². The predicted octanol–water partition coefficient (Wildman–Crippen LogP) is 3.09. The van der Waals surface area contributed by atoms with Gasteiger partial charge in [-0.15, -0.1) is 0 Å². The molecule has 0 spiro atoms. The van der Waals surface area contributed by atoms with Crippen LogP contribution in [-0.2, 0) is 0 Å². The molecule has 0 saturated heterocycles. The number of anilines is 1. The molecule has 0 bridgehead atoms. The van der Waals surface area contributed by atoms with E-state index in [1.165, 1.54) is 0 Å². The van der Waals surface area contributed by atoms with E-state index in [0.29, 0.717) is 5.15 Å². The highest BCUT2D eigenvalue weighted by atomic mass is 35.5. The quantitative estimate of drug-likeness (QED) is 0.571. The molecule has 4 nitrogen and oxygen atoms in total. The first-order chi connectivity index (χ1) is 9.06. The number of halogens is 1. The molecule has 19 heavy (non-hydrogen) atoms. The van der Waals surface area contributed by atoms with E-state index in [2.05, 4.69) is 29.1 Å². The minimum Gasteiger partial charge on any atom is -0.396 e. The first-order valence-electron chi connectivity index (χ1n) is 6.52. The molecule has 0 saturated carbocycles. The summed E-state index contributed by atoms with van der Waals surface area (Å²) >= 11 is 7.94. The Morgan fingerprint density at radius 2 is 2.05 bits per heavy atom. The second-order valence-corrected chi connectivity index (χ2v) is 6.20. The van der Waals surface area contributed by atoms with Gasteiger partial charge in [-0.05, 0) is 19.1 Å². The van der Waals surface area contributed by atoms with E-state index in [-0.39, 0.29) is 12.5 Å². The zero-order valence-electron chi connectivity index (χ0n) is 11.7. The molecule has 0 aliphatic rings. The standard InChI is InChI=1S/C13H22ClN3OS/c1-9(2)12-16-11(14)10(3)13(17-12)15-5-8-19-7-4-6-18/h9,18H,4-8H2,1-3H3,(H,15,16,17). The number of thioether (sulfide) groups is 1. The summed E-state index contributed by atoms with van der Waals surface area (Å²) in [4.78, 5) is 8.79. The minimum absolute atomic E-state index is 0.262. The van der Waals surface area contributed by atoms with Crippen molar-refractivity contribution in [2.24, 2.45) is 0 Å². The Labute approximate surface area is 124 Å². The van der Waals surface area contributed by atoms with E-state index in [9.17, 15) is 0 Å². The summed E-state index contributed by atoms with van der Waals surface area (Å²) in [6.45, 7) is 7.12. The molecule has 0 fully saturated rings. The lowest BCUT2D eigenvalue weighted by Crippen LogP contribution is -2.11. The van der Waals surface area contributed by atoms with Gasteiger partial charge in [-0.1, -0.05) is 25.4 Å². The molecule has 2 N–H and O–H groups in total. The van der Waals surface area contributed by atoms with E-state index in [1.807, 2.05) is 18.7 Å². The Morgan fingerprint density at radius 3 is 2.68 bits per heavy atom. The van der Waals surface area contributed by atoms with Gasteiger partial charge < -0.3 is 10.4 Å². The van der Waals surface area contributed by atoms with Gasteiger partial charge in [0, 0.05) is 30.4 Å². The summed E-state index contributed by atoms with van der Waals surface area (Å²) in [5.74, 6) is 3.83. The average Bonchev–Trinajstić information content (AvgIpc) is 2.37. The van der Waals surface area contributed by atoms with Gasteiger partial charge >= 0.3 is 0 Å². The third-order valence-corrected chi connectivity index (χ3v) is 4.04. The Bertz CT molecular complexity index is 402. The normalized spacial score (nSPS) is 11.1. The fourth-order valence-corrected chi connectivity index (χ4v) is 2.41. The maximum Gasteiger partial charge on any atom is 0.137 e. The molecule has 0 amide bonds. The Balaban J connectivity index is 2.52. The van der Waals surface area contributed by atoms with Crippen LogP contribution in [0.2, 0.25) is 5.15 Å². The van der Waals surface area contributed by atoms with Crippen LogP contribution in [-0.4, -0.2) is 39.7 Å². The first-order valence-corrected chi connectivity index (χ1v) is 8.06. The monoisotopic (exact) mass is 303 g/mol. The second kappa shape index (κ2) is 8.61. The highest BCUT2D eigenvalue weighted by molar-refractivity contribution is 7.99. The lowest BCUT2D eigenvalue weighted by atomic mass is 10.2. The Kier molecular flexibility index (Phi) is 7.49. The van der Waals surface area contributed by atoms with Crippen molar-refractivity contribution in [1.82, 2.24) is 9.97 Å². The number of nitrogens with one attached hydrogen (secondary N) is 1. The fourth-order valence-electron chi connectivity index (χ4n) is 1.45. The third kappa shape index (κ3) is 5.55. The number of aliphatic hydroxyl groups is 1. The van der Waals surface area contributed by atoms with Crippen LogP contribution in [0.4, 0.5) is 5.82 Å². The van der Waals surface area contributed by atoms with Gasteiger partial charge in [-0.2, -0.15) is 11.8 Å². The van der Waals surface area contributed by atoms with Crippen LogP contribution >= 0.6 is 23.4 Å². The third-order valence-electron chi connectivity index (χ3n) is 2.61. The molecule has 1 rings (SSSR count). The lowest BCUT2D eigenvalue weighted by Gasteiger charge is -2.12. The SMILES string of the molecule is Cc1c(Cl)nc(C(C)C)nc1NCCSCCCO. The number of rotatable bonds is 8. The summed E-state index contributed by atoms with van der Waals surface area (Å²) < 4.78 is 0. The van der Waals surface area contributed by atoms with Crippen LogP contribution in [0.15, 0.2) is 0 Å². The van der Waals surface area contributed by atoms with Crippen molar-refractivity contribution in [2.75, 3.05) is 30.0 Å². The van der Waals surface area contributed by atoms with Crippen LogP contribution in [0.1, 0.15) is 37.6 Å². The number of hydrogen-bond donors (Lipinski definition) is 2. The summed E-state index contributed by atoms with van der Waals surface area (Å²) in [6.07, 6.45) is 0.848. The van der Waals surface area contributed by atoms with Crippen molar-refractivity contribution in [3.8, 4) is 0 Å². The maximum atomic E-state index is 8.69. The molecule has 0 aliphatic heterocycles. The molecular weight excluding hydrogens is 282 g/mol. The zero-order chi connectivity index (χ0) is 14.3. The van der Waals surface area contributed by atoms with Gasteiger partial charge in [-0.25, -0.2) is 9.97 Å². The minimum atomic E-state index is 0.262. The predicted molar refractivity (Wildman–Crippen MR) is 83.4 cm³/mol. The van der Waals surface area contributed by atoms with Crippen molar-refractivity contribution < 1.29 is 5.11 Å².